The topological polar surface area (TPSA) is 56.1 Å². The number of benzene rings is 3. The summed E-state index contributed by atoms with van der Waals surface area (Å²) in [4.78, 5) is 15.0. The van der Waals surface area contributed by atoms with Crippen molar-refractivity contribution in [2.24, 2.45) is 5.92 Å². The lowest BCUT2D eigenvalue weighted by Crippen LogP contribution is -2.42. The Morgan fingerprint density at radius 1 is 0.886 bits per heavy atom. The van der Waals surface area contributed by atoms with Crippen molar-refractivity contribution in [3.63, 3.8) is 0 Å². The first-order chi connectivity index (χ1) is 17.2. The van der Waals surface area contributed by atoms with Crippen LogP contribution in [0.1, 0.15) is 49.8 Å². The van der Waals surface area contributed by atoms with Gasteiger partial charge in [0.2, 0.25) is 5.91 Å². The van der Waals surface area contributed by atoms with Crippen LogP contribution >= 0.6 is 0 Å². The van der Waals surface area contributed by atoms with Crippen molar-refractivity contribution in [3.05, 3.63) is 108 Å². The van der Waals surface area contributed by atoms with Crippen LogP contribution in [0.2, 0.25) is 0 Å². The lowest BCUT2D eigenvalue weighted by molar-refractivity contribution is -0.126. The summed E-state index contributed by atoms with van der Waals surface area (Å²) < 4.78 is 0. The van der Waals surface area contributed by atoms with E-state index in [-0.39, 0.29) is 11.8 Å². The summed E-state index contributed by atoms with van der Waals surface area (Å²) >= 11 is 0. The first-order valence-corrected chi connectivity index (χ1v) is 12.8. The minimum absolute atomic E-state index is 0.0638. The third-order valence-electron chi connectivity index (χ3n) is 6.80. The maximum absolute atomic E-state index is 12.6. The number of nitriles is 1. The molecular weight excluding hydrogens is 430 g/mol. The maximum atomic E-state index is 12.6. The number of carbonyl (C=O) groups excluding carboxylic acids is 1. The zero-order valence-electron chi connectivity index (χ0n) is 21.0. The molecule has 0 unspecified atom stereocenters. The zero-order valence-corrected chi connectivity index (χ0v) is 21.0. The molecule has 0 radical (unpaired) electrons. The van der Waals surface area contributed by atoms with Gasteiger partial charge in [-0.25, -0.2) is 0 Å². The van der Waals surface area contributed by atoms with E-state index in [2.05, 4.69) is 40.6 Å². The van der Waals surface area contributed by atoms with Gasteiger partial charge in [0.05, 0.1) is 6.07 Å². The fraction of sp³-hybridized carbons (Fsp3) is 0.355. The Bertz CT molecular complexity index is 1010. The van der Waals surface area contributed by atoms with Crippen molar-refractivity contribution in [1.82, 2.24) is 10.2 Å². The van der Waals surface area contributed by atoms with E-state index in [0.717, 1.165) is 55.6 Å². The molecule has 35 heavy (non-hydrogen) atoms. The van der Waals surface area contributed by atoms with Crippen LogP contribution < -0.4 is 5.32 Å². The van der Waals surface area contributed by atoms with Gasteiger partial charge in [-0.1, -0.05) is 105 Å². The maximum Gasteiger partial charge on any atom is 0.223 e. The molecule has 1 N–H and O–H groups in total. The Labute approximate surface area is 210 Å². The predicted octanol–water partition coefficient (Wildman–Crippen LogP) is 5.94. The third kappa shape index (κ3) is 6.81. The van der Waals surface area contributed by atoms with Gasteiger partial charge in [-0.3, -0.25) is 4.79 Å². The van der Waals surface area contributed by atoms with Crippen LogP contribution in [-0.4, -0.2) is 30.4 Å². The number of nitrogens with zero attached hydrogens (tertiary/aromatic N) is 2. The summed E-state index contributed by atoms with van der Waals surface area (Å²) in [5, 5.41) is 13.5. The number of nitrogens with one attached hydrogen (secondary N) is 1. The van der Waals surface area contributed by atoms with Crippen molar-refractivity contribution >= 4 is 5.91 Å². The molecule has 1 saturated heterocycles. The molecule has 3 aromatic rings. The van der Waals surface area contributed by atoms with E-state index in [0.29, 0.717) is 6.54 Å². The summed E-state index contributed by atoms with van der Waals surface area (Å²) in [6.45, 7) is 7.18. The molecule has 0 bridgehead atoms. The fourth-order valence-electron chi connectivity index (χ4n) is 4.76. The lowest BCUT2D eigenvalue weighted by atomic mass is 9.73. The van der Waals surface area contributed by atoms with E-state index in [1.807, 2.05) is 80.6 Å². The van der Waals surface area contributed by atoms with E-state index >= 15 is 0 Å². The molecule has 0 aliphatic carbocycles. The Morgan fingerprint density at radius 3 is 1.86 bits per heavy atom. The van der Waals surface area contributed by atoms with Gasteiger partial charge in [-0.05, 0) is 49.0 Å². The molecule has 4 heteroatoms. The van der Waals surface area contributed by atoms with Gasteiger partial charge in [0.15, 0.2) is 0 Å². The third-order valence-corrected chi connectivity index (χ3v) is 6.80. The van der Waals surface area contributed by atoms with E-state index in [1.165, 1.54) is 0 Å². The second kappa shape index (κ2) is 13.5. The molecule has 1 amide bonds. The minimum Gasteiger partial charge on any atom is -0.352 e. The molecule has 0 spiro atoms. The second-order valence-electron chi connectivity index (χ2n) is 8.82. The number of carbonyl (C=O) groups is 1. The number of rotatable bonds is 8. The largest absolute Gasteiger partial charge is 0.352 e. The molecule has 1 heterocycles. The van der Waals surface area contributed by atoms with E-state index in [4.69, 9.17) is 0 Å². The Morgan fingerprint density at radius 2 is 1.37 bits per heavy atom. The molecule has 0 atom stereocenters. The summed E-state index contributed by atoms with van der Waals surface area (Å²) in [6, 6.07) is 32.9. The highest BCUT2D eigenvalue weighted by Gasteiger charge is 2.35. The fourth-order valence-corrected chi connectivity index (χ4v) is 4.76. The molecular formula is C31H37N3O. The number of likely N-dealkylation sites (tertiary alicyclic amines) is 1. The Hall–Kier alpha value is -3.42. The molecule has 0 saturated carbocycles. The van der Waals surface area contributed by atoms with Crippen LogP contribution in [0.4, 0.5) is 0 Å². The van der Waals surface area contributed by atoms with Gasteiger partial charge in [0.25, 0.3) is 0 Å². The van der Waals surface area contributed by atoms with Gasteiger partial charge >= 0.3 is 0 Å². The molecule has 3 aromatic carbocycles. The summed E-state index contributed by atoms with van der Waals surface area (Å²) in [5.41, 5.74) is 2.52. The van der Waals surface area contributed by atoms with Crippen LogP contribution in [-0.2, 0) is 16.8 Å². The van der Waals surface area contributed by atoms with Gasteiger partial charge in [-0.2, -0.15) is 5.26 Å². The van der Waals surface area contributed by atoms with Gasteiger partial charge < -0.3 is 10.2 Å². The van der Waals surface area contributed by atoms with Crippen molar-refractivity contribution in [3.8, 4) is 6.07 Å². The van der Waals surface area contributed by atoms with Crippen LogP contribution in [0, 0.1) is 17.2 Å². The van der Waals surface area contributed by atoms with Crippen molar-refractivity contribution in [1.29, 1.82) is 5.26 Å². The monoisotopic (exact) mass is 467 g/mol. The van der Waals surface area contributed by atoms with Crippen LogP contribution in [0.15, 0.2) is 91.0 Å². The molecule has 4 rings (SSSR count). The Balaban J connectivity index is 0.00000167. The standard InChI is InChI=1S/C29H31N3O.C2H6/c30-23-29(26-12-6-2-7-13-26,27-14-8-3-9-15-27)18-21-32-19-16-25(17-20-32)28(33)31-22-24-10-4-1-5-11-24;1-2/h1-15,25H,16-22H2,(H,31,33);1-2H3. The highest BCUT2D eigenvalue weighted by molar-refractivity contribution is 5.78. The predicted molar refractivity (Wildman–Crippen MR) is 143 cm³/mol. The van der Waals surface area contributed by atoms with E-state index in [1.54, 1.807) is 0 Å². The smallest absolute Gasteiger partial charge is 0.223 e. The molecule has 4 nitrogen and oxygen atoms in total. The molecule has 1 aliphatic heterocycles. The molecule has 0 aromatic heterocycles. The van der Waals surface area contributed by atoms with Gasteiger partial charge in [-0.15, -0.1) is 0 Å². The molecule has 1 fully saturated rings. The Kier molecular flexibility index (Phi) is 10.1. The molecule has 182 valence electrons. The van der Waals surface area contributed by atoms with Crippen molar-refractivity contribution in [2.45, 2.75) is 45.1 Å². The average Bonchev–Trinajstić information content (AvgIpc) is 2.95. The van der Waals surface area contributed by atoms with Crippen LogP contribution in [0.3, 0.4) is 0 Å². The van der Waals surface area contributed by atoms with E-state index in [9.17, 15) is 10.1 Å². The number of hydrogen-bond donors (Lipinski definition) is 1. The summed E-state index contributed by atoms with van der Waals surface area (Å²) in [7, 11) is 0. The number of amides is 1. The van der Waals surface area contributed by atoms with Crippen molar-refractivity contribution in [2.75, 3.05) is 19.6 Å². The summed E-state index contributed by atoms with van der Waals surface area (Å²) in [6.07, 6.45) is 2.44. The number of hydrogen-bond acceptors (Lipinski definition) is 3. The first-order valence-electron chi connectivity index (χ1n) is 12.8. The first kappa shape index (κ1) is 26.2. The number of piperidine rings is 1. The minimum atomic E-state index is -0.674. The highest BCUT2D eigenvalue weighted by atomic mass is 16.1. The average molecular weight is 468 g/mol. The van der Waals surface area contributed by atoms with Crippen LogP contribution in [0.25, 0.3) is 0 Å². The van der Waals surface area contributed by atoms with E-state index < -0.39 is 5.41 Å². The lowest BCUT2D eigenvalue weighted by Gasteiger charge is -2.35. The van der Waals surface area contributed by atoms with Gasteiger partial charge in [0, 0.05) is 19.0 Å². The van der Waals surface area contributed by atoms with Gasteiger partial charge in [0.1, 0.15) is 5.41 Å². The zero-order chi connectivity index (χ0) is 24.9. The quantitative estimate of drug-likeness (QED) is 0.446. The summed E-state index contributed by atoms with van der Waals surface area (Å²) in [5.74, 6) is 0.215. The molecule has 1 aliphatic rings. The highest BCUT2D eigenvalue weighted by Crippen LogP contribution is 2.35. The second-order valence-corrected chi connectivity index (χ2v) is 8.82. The van der Waals surface area contributed by atoms with Crippen LogP contribution in [0.5, 0.6) is 0 Å². The normalized spacial score (nSPS) is 14.3. The van der Waals surface area contributed by atoms with Crippen molar-refractivity contribution < 1.29 is 4.79 Å². The SMILES string of the molecule is CC.N#CC(CCN1CCC(C(=O)NCc2ccccc2)CC1)(c1ccccc1)c1ccccc1.